The van der Waals surface area contributed by atoms with E-state index in [1.54, 1.807) is 0 Å². The average Bonchev–Trinajstić information content (AvgIpc) is 1.85. The summed E-state index contributed by atoms with van der Waals surface area (Å²) in [7, 11) is 0. The zero-order valence-electron chi connectivity index (χ0n) is 5.26. The van der Waals surface area contributed by atoms with E-state index in [9.17, 15) is 13.2 Å². The maximum Gasteiger partial charge on any atom is 0.394 e. The van der Waals surface area contributed by atoms with Crippen LogP contribution in [0.4, 0.5) is 13.2 Å². The topological polar surface area (TPSA) is 38.7 Å². The molecule has 1 radical (unpaired) electrons. The van der Waals surface area contributed by atoms with Crippen molar-refractivity contribution in [1.82, 2.24) is 15.2 Å². The lowest BCUT2D eigenvalue weighted by Gasteiger charge is -2.02. The van der Waals surface area contributed by atoms with E-state index in [2.05, 4.69) is 15.2 Å². The Morgan fingerprint density at radius 2 is 2.18 bits per heavy atom. The highest BCUT2D eigenvalue weighted by atomic mass is 19.4. The van der Waals surface area contributed by atoms with Crippen LogP contribution in [0.15, 0.2) is 6.20 Å². The molecule has 0 fully saturated rings. The Morgan fingerprint density at radius 1 is 1.45 bits per heavy atom. The standard InChI is InChI=1S/C5H3F3N3/c6-5(7,8)1-4-2-9-3-10-11-4/h2H,1H2. The number of hydrogen-bond acceptors (Lipinski definition) is 3. The minimum atomic E-state index is -4.25. The molecular weight excluding hydrogens is 159 g/mol. The van der Waals surface area contributed by atoms with Crippen molar-refractivity contribution >= 4 is 0 Å². The van der Waals surface area contributed by atoms with Crippen LogP contribution in [-0.4, -0.2) is 21.4 Å². The molecule has 0 bridgehead atoms. The molecule has 0 saturated heterocycles. The highest BCUT2D eigenvalue weighted by Gasteiger charge is 2.28. The molecular formula is C5H3F3N3. The maximum absolute atomic E-state index is 11.6. The van der Waals surface area contributed by atoms with E-state index in [0.717, 1.165) is 6.20 Å². The van der Waals surface area contributed by atoms with E-state index in [0.29, 0.717) is 0 Å². The van der Waals surface area contributed by atoms with E-state index in [1.807, 2.05) is 6.33 Å². The fourth-order valence-electron chi connectivity index (χ4n) is 0.528. The third-order valence-electron chi connectivity index (χ3n) is 0.876. The molecule has 0 aromatic carbocycles. The number of alkyl halides is 3. The van der Waals surface area contributed by atoms with Crippen molar-refractivity contribution in [2.45, 2.75) is 12.6 Å². The number of aromatic nitrogens is 3. The third-order valence-corrected chi connectivity index (χ3v) is 0.876. The van der Waals surface area contributed by atoms with Gasteiger partial charge in [-0.3, -0.25) is 0 Å². The van der Waals surface area contributed by atoms with E-state index >= 15 is 0 Å². The molecule has 0 aliphatic carbocycles. The molecule has 0 N–H and O–H groups in total. The molecule has 1 aromatic rings. The first-order chi connectivity index (χ1) is 5.08. The first-order valence-corrected chi connectivity index (χ1v) is 2.69. The van der Waals surface area contributed by atoms with Crippen LogP contribution in [0.5, 0.6) is 0 Å². The van der Waals surface area contributed by atoms with Crippen LogP contribution < -0.4 is 0 Å². The van der Waals surface area contributed by atoms with Crippen LogP contribution in [0.3, 0.4) is 0 Å². The quantitative estimate of drug-likeness (QED) is 0.612. The van der Waals surface area contributed by atoms with Gasteiger partial charge in [0.1, 0.15) is 0 Å². The zero-order chi connectivity index (χ0) is 8.32. The molecule has 0 unspecified atom stereocenters. The summed E-state index contributed by atoms with van der Waals surface area (Å²) in [4.78, 5) is 3.27. The van der Waals surface area contributed by atoms with Gasteiger partial charge in [-0.05, 0) is 0 Å². The van der Waals surface area contributed by atoms with Gasteiger partial charge in [0.05, 0.1) is 18.3 Å². The van der Waals surface area contributed by atoms with Crippen LogP contribution in [-0.2, 0) is 6.42 Å². The van der Waals surface area contributed by atoms with Gasteiger partial charge in [0.2, 0.25) is 6.33 Å². The smallest absolute Gasteiger partial charge is 0.230 e. The highest BCUT2D eigenvalue weighted by Crippen LogP contribution is 2.18. The van der Waals surface area contributed by atoms with Crippen molar-refractivity contribution in [2.75, 3.05) is 0 Å². The lowest BCUT2D eigenvalue weighted by Crippen LogP contribution is -2.13. The molecule has 0 aliphatic heterocycles. The van der Waals surface area contributed by atoms with Gasteiger partial charge in [0, 0.05) is 0 Å². The Balaban J connectivity index is 2.66. The van der Waals surface area contributed by atoms with Gasteiger partial charge in [0.15, 0.2) is 0 Å². The highest BCUT2D eigenvalue weighted by molar-refractivity contribution is 4.92. The summed E-state index contributed by atoms with van der Waals surface area (Å²) in [5.41, 5.74) is -0.198. The molecule has 1 rings (SSSR count). The van der Waals surface area contributed by atoms with E-state index in [1.165, 1.54) is 0 Å². The minimum absolute atomic E-state index is 0.198. The van der Waals surface area contributed by atoms with E-state index in [4.69, 9.17) is 0 Å². The van der Waals surface area contributed by atoms with Crippen molar-refractivity contribution in [1.29, 1.82) is 0 Å². The molecule has 1 heterocycles. The summed E-state index contributed by atoms with van der Waals surface area (Å²) < 4.78 is 34.9. The Morgan fingerprint density at radius 3 is 2.64 bits per heavy atom. The normalized spacial score (nSPS) is 11.5. The van der Waals surface area contributed by atoms with Gasteiger partial charge in [-0.1, -0.05) is 0 Å². The monoisotopic (exact) mass is 162 g/mol. The van der Waals surface area contributed by atoms with E-state index < -0.39 is 12.6 Å². The van der Waals surface area contributed by atoms with Crippen molar-refractivity contribution in [3.63, 3.8) is 0 Å². The summed E-state index contributed by atoms with van der Waals surface area (Å²) in [6.07, 6.45) is -2.32. The van der Waals surface area contributed by atoms with Gasteiger partial charge >= 0.3 is 6.18 Å². The fraction of sp³-hybridized carbons (Fsp3) is 0.400. The van der Waals surface area contributed by atoms with Crippen LogP contribution >= 0.6 is 0 Å². The van der Waals surface area contributed by atoms with Crippen molar-refractivity contribution in [3.05, 3.63) is 18.2 Å². The summed E-state index contributed by atoms with van der Waals surface area (Å²) in [6.45, 7) is 0. The molecule has 6 heteroatoms. The lowest BCUT2D eigenvalue weighted by molar-refractivity contribution is -0.128. The summed E-state index contributed by atoms with van der Waals surface area (Å²) in [5.74, 6) is 0. The predicted molar refractivity (Wildman–Crippen MR) is 28.4 cm³/mol. The Bertz CT molecular complexity index is 220. The largest absolute Gasteiger partial charge is 0.394 e. The first kappa shape index (κ1) is 7.90. The lowest BCUT2D eigenvalue weighted by atomic mass is 10.3. The number of halogens is 3. The molecule has 0 aliphatic rings. The summed E-state index contributed by atoms with van der Waals surface area (Å²) >= 11 is 0. The van der Waals surface area contributed by atoms with Crippen molar-refractivity contribution in [3.8, 4) is 0 Å². The van der Waals surface area contributed by atoms with Crippen molar-refractivity contribution < 1.29 is 13.2 Å². The second kappa shape index (κ2) is 2.81. The minimum Gasteiger partial charge on any atom is -0.230 e. The van der Waals surface area contributed by atoms with Crippen LogP contribution in [0.25, 0.3) is 0 Å². The van der Waals surface area contributed by atoms with Crippen LogP contribution in [0.2, 0.25) is 0 Å². The molecule has 3 nitrogen and oxygen atoms in total. The molecule has 0 spiro atoms. The Kier molecular flexibility index (Phi) is 2.02. The molecule has 0 saturated carbocycles. The zero-order valence-corrected chi connectivity index (χ0v) is 5.26. The van der Waals surface area contributed by atoms with Gasteiger partial charge in [-0.15, -0.1) is 5.10 Å². The SMILES string of the molecule is FC(F)(F)Cc1cn[c]nn1. The number of hydrogen-bond donors (Lipinski definition) is 0. The predicted octanol–water partition coefficient (Wildman–Crippen LogP) is 0.777. The Hall–Kier alpha value is -1.20. The van der Waals surface area contributed by atoms with Gasteiger partial charge in [-0.25, -0.2) is 4.98 Å². The molecule has 0 amide bonds. The van der Waals surface area contributed by atoms with Gasteiger partial charge in [0.25, 0.3) is 0 Å². The maximum atomic E-state index is 11.6. The van der Waals surface area contributed by atoms with E-state index in [-0.39, 0.29) is 5.69 Å². The molecule has 1 aromatic heterocycles. The van der Waals surface area contributed by atoms with Crippen LogP contribution in [0.1, 0.15) is 5.69 Å². The second-order valence-electron chi connectivity index (χ2n) is 1.84. The van der Waals surface area contributed by atoms with Gasteiger partial charge < -0.3 is 0 Å². The number of rotatable bonds is 1. The third kappa shape index (κ3) is 2.92. The first-order valence-electron chi connectivity index (χ1n) is 2.69. The summed E-state index contributed by atoms with van der Waals surface area (Å²) in [6, 6.07) is 0. The average molecular weight is 162 g/mol. The Labute approximate surface area is 60.3 Å². The molecule has 11 heavy (non-hydrogen) atoms. The summed E-state index contributed by atoms with van der Waals surface area (Å²) in [5, 5.41) is 6.26. The molecule has 59 valence electrons. The van der Waals surface area contributed by atoms with Crippen LogP contribution in [0, 0.1) is 6.33 Å². The second-order valence-corrected chi connectivity index (χ2v) is 1.84. The fourth-order valence-corrected chi connectivity index (χ4v) is 0.528. The van der Waals surface area contributed by atoms with Gasteiger partial charge in [-0.2, -0.15) is 18.3 Å². The number of nitrogens with zero attached hydrogens (tertiary/aromatic N) is 3. The van der Waals surface area contributed by atoms with Crippen molar-refractivity contribution in [2.24, 2.45) is 0 Å². The molecule has 0 atom stereocenters.